The highest BCUT2D eigenvalue weighted by Gasteiger charge is 2.47. The van der Waals surface area contributed by atoms with Gasteiger partial charge in [-0.2, -0.15) is 0 Å². The Balaban J connectivity index is 1.51. The first-order valence-corrected chi connectivity index (χ1v) is 11.4. The molecule has 4 rings (SSSR count). The molecule has 6 nitrogen and oxygen atoms in total. The van der Waals surface area contributed by atoms with E-state index in [9.17, 15) is 18.1 Å². The van der Waals surface area contributed by atoms with Gasteiger partial charge in [-0.1, -0.05) is 30.3 Å². The summed E-state index contributed by atoms with van der Waals surface area (Å²) >= 11 is -1.41. The number of nitrogens with zero attached hydrogens (tertiary/aromatic N) is 1. The van der Waals surface area contributed by atoms with Crippen molar-refractivity contribution in [3.63, 3.8) is 0 Å². The average Bonchev–Trinajstić information content (AvgIpc) is 3.58. The molecule has 2 N–H and O–H groups in total. The SMILES string of the molecule is CN[S+]([O-])NC1COCCN(C(=O)[C@@H]2C[C@H]2c2ccccc2-c2c(F)cccc2F)C1. The molecule has 0 radical (unpaired) electrons. The highest BCUT2D eigenvalue weighted by molar-refractivity contribution is 7.87. The van der Waals surface area contributed by atoms with Gasteiger partial charge in [0, 0.05) is 26.1 Å². The molecule has 31 heavy (non-hydrogen) atoms. The van der Waals surface area contributed by atoms with E-state index in [0.29, 0.717) is 38.3 Å². The number of halogens is 2. The van der Waals surface area contributed by atoms with Crippen LogP contribution in [0, 0.1) is 17.6 Å². The van der Waals surface area contributed by atoms with Crippen molar-refractivity contribution < 1.29 is 22.9 Å². The van der Waals surface area contributed by atoms with Gasteiger partial charge in [-0.3, -0.25) is 4.79 Å². The van der Waals surface area contributed by atoms with Crippen molar-refractivity contribution >= 4 is 17.5 Å². The van der Waals surface area contributed by atoms with Gasteiger partial charge >= 0.3 is 0 Å². The van der Waals surface area contributed by atoms with Gasteiger partial charge in [0.05, 0.1) is 24.8 Å². The number of amides is 1. The maximum Gasteiger partial charge on any atom is 0.226 e. The van der Waals surface area contributed by atoms with Crippen LogP contribution in [-0.2, 0) is 21.1 Å². The third-order valence-electron chi connectivity index (χ3n) is 5.74. The van der Waals surface area contributed by atoms with Gasteiger partial charge in [0.1, 0.15) is 23.2 Å². The van der Waals surface area contributed by atoms with Crippen molar-refractivity contribution in [3.05, 3.63) is 59.7 Å². The van der Waals surface area contributed by atoms with Gasteiger partial charge in [0.15, 0.2) is 0 Å². The van der Waals surface area contributed by atoms with E-state index >= 15 is 0 Å². The van der Waals surface area contributed by atoms with Crippen molar-refractivity contribution in [2.75, 3.05) is 33.4 Å². The molecule has 2 aromatic carbocycles. The molecule has 2 unspecified atom stereocenters. The standard InChI is InChI=1S/C22H25F2N3O3S/c1-25-31(29)26-14-12-27(9-10-30-13-14)22(28)18-11-17(18)15-5-2-3-6-16(15)21-19(23)7-4-8-20(21)24/h2-8,14,17-18,25-26H,9-13H2,1H3/t14?,17-,18+,31?/m0/s1. The number of benzene rings is 2. The molecule has 1 saturated carbocycles. The second kappa shape index (κ2) is 9.62. The van der Waals surface area contributed by atoms with Crippen LogP contribution in [0.1, 0.15) is 17.9 Å². The number of carbonyl (C=O) groups excluding carboxylic acids is 1. The van der Waals surface area contributed by atoms with Crippen molar-refractivity contribution in [3.8, 4) is 11.1 Å². The maximum absolute atomic E-state index is 14.4. The highest BCUT2D eigenvalue weighted by Crippen LogP contribution is 2.51. The summed E-state index contributed by atoms with van der Waals surface area (Å²) in [6.07, 6.45) is 0.629. The lowest BCUT2D eigenvalue weighted by Crippen LogP contribution is -2.49. The molecule has 9 heteroatoms. The van der Waals surface area contributed by atoms with E-state index in [0.717, 1.165) is 5.56 Å². The van der Waals surface area contributed by atoms with Crippen LogP contribution < -0.4 is 9.44 Å². The minimum absolute atomic E-state index is 0.0126. The predicted octanol–water partition coefficient (Wildman–Crippen LogP) is 2.35. The zero-order valence-corrected chi connectivity index (χ0v) is 18.0. The number of hydrogen-bond acceptors (Lipinski definition) is 5. The van der Waals surface area contributed by atoms with E-state index in [2.05, 4.69) is 9.44 Å². The fourth-order valence-corrected chi connectivity index (χ4v) is 4.70. The topological polar surface area (TPSA) is 76.7 Å². The van der Waals surface area contributed by atoms with E-state index in [1.807, 2.05) is 12.1 Å². The van der Waals surface area contributed by atoms with Gasteiger partial charge in [-0.05, 0) is 35.6 Å². The lowest BCUT2D eigenvalue weighted by Gasteiger charge is -2.24. The van der Waals surface area contributed by atoms with E-state index in [-0.39, 0.29) is 29.3 Å². The van der Waals surface area contributed by atoms with Gasteiger partial charge < -0.3 is 14.2 Å². The molecular weight excluding hydrogens is 424 g/mol. The van der Waals surface area contributed by atoms with Crippen molar-refractivity contribution in [1.82, 2.24) is 14.3 Å². The van der Waals surface area contributed by atoms with Crippen molar-refractivity contribution in [2.24, 2.45) is 5.92 Å². The molecule has 1 saturated heterocycles. The smallest absolute Gasteiger partial charge is 0.226 e. The molecule has 2 fully saturated rings. The predicted molar refractivity (Wildman–Crippen MR) is 114 cm³/mol. The Morgan fingerprint density at radius 1 is 1.19 bits per heavy atom. The summed E-state index contributed by atoms with van der Waals surface area (Å²) in [5, 5.41) is 0. The summed E-state index contributed by atoms with van der Waals surface area (Å²) in [5.74, 6) is -1.59. The fourth-order valence-electron chi connectivity index (χ4n) is 4.14. The van der Waals surface area contributed by atoms with E-state index in [1.165, 1.54) is 18.2 Å². The lowest BCUT2D eigenvalue weighted by molar-refractivity contribution is -0.132. The van der Waals surface area contributed by atoms with Crippen LogP contribution in [0.5, 0.6) is 0 Å². The highest BCUT2D eigenvalue weighted by atomic mass is 32.2. The molecule has 166 valence electrons. The van der Waals surface area contributed by atoms with Crippen LogP contribution in [0.15, 0.2) is 42.5 Å². The Morgan fingerprint density at radius 3 is 2.68 bits per heavy atom. The van der Waals surface area contributed by atoms with Crippen LogP contribution in [-0.4, -0.2) is 54.8 Å². The summed E-state index contributed by atoms with van der Waals surface area (Å²) in [4.78, 5) is 14.9. The summed E-state index contributed by atoms with van der Waals surface area (Å²) in [6.45, 7) is 1.61. The zero-order valence-electron chi connectivity index (χ0n) is 17.1. The molecule has 2 aromatic rings. The van der Waals surface area contributed by atoms with Crippen LogP contribution >= 0.6 is 0 Å². The first kappa shape index (κ1) is 22.2. The van der Waals surface area contributed by atoms with Crippen LogP contribution in [0.2, 0.25) is 0 Å². The third-order valence-corrected chi connectivity index (χ3v) is 6.65. The van der Waals surface area contributed by atoms with Gasteiger partial charge in [-0.25, -0.2) is 8.78 Å². The molecular formula is C22H25F2N3O3S. The van der Waals surface area contributed by atoms with Crippen molar-refractivity contribution in [1.29, 1.82) is 0 Å². The molecule has 4 atom stereocenters. The van der Waals surface area contributed by atoms with Crippen LogP contribution in [0.25, 0.3) is 11.1 Å². The number of nitrogens with one attached hydrogen (secondary N) is 2. The largest absolute Gasteiger partial charge is 0.579 e. The Bertz CT molecular complexity index is 928. The number of ether oxygens (including phenoxy) is 1. The van der Waals surface area contributed by atoms with Crippen LogP contribution in [0.3, 0.4) is 0 Å². The number of rotatable bonds is 6. The Hall–Kier alpha value is -2.04. The summed E-state index contributed by atoms with van der Waals surface area (Å²) < 4.78 is 51.6. The number of carbonyl (C=O) groups is 1. The summed E-state index contributed by atoms with van der Waals surface area (Å²) in [7, 11) is 1.58. The molecule has 2 aliphatic rings. The molecule has 0 bridgehead atoms. The quantitative estimate of drug-likeness (QED) is 0.663. The Morgan fingerprint density at radius 2 is 1.94 bits per heavy atom. The van der Waals surface area contributed by atoms with Gasteiger partial charge in [-0.15, -0.1) is 9.44 Å². The second-order valence-corrected chi connectivity index (χ2v) is 8.96. The van der Waals surface area contributed by atoms with E-state index in [1.54, 1.807) is 24.1 Å². The first-order chi connectivity index (χ1) is 15.0. The zero-order chi connectivity index (χ0) is 22.0. The second-order valence-electron chi connectivity index (χ2n) is 7.78. The molecule has 1 aliphatic carbocycles. The first-order valence-electron chi connectivity index (χ1n) is 10.2. The minimum atomic E-state index is -1.41. The number of hydrogen-bond donors (Lipinski definition) is 2. The molecule has 1 amide bonds. The minimum Gasteiger partial charge on any atom is -0.579 e. The molecule has 1 heterocycles. The fraction of sp³-hybridized carbons (Fsp3) is 0.409. The molecule has 0 spiro atoms. The van der Waals surface area contributed by atoms with Crippen molar-refractivity contribution in [2.45, 2.75) is 18.4 Å². The van der Waals surface area contributed by atoms with Crippen LogP contribution in [0.4, 0.5) is 8.78 Å². The average molecular weight is 450 g/mol. The van der Waals surface area contributed by atoms with E-state index < -0.39 is 23.2 Å². The Labute approximate surface area is 183 Å². The normalized spacial score (nSPS) is 24.5. The van der Waals surface area contributed by atoms with E-state index in [4.69, 9.17) is 4.74 Å². The summed E-state index contributed by atoms with van der Waals surface area (Å²) in [5.41, 5.74) is 1.21. The van der Waals surface area contributed by atoms with Gasteiger partial charge in [0.2, 0.25) is 5.91 Å². The Kier molecular flexibility index (Phi) is 6.88. The lowest BCUT2D eigenvalue weighted by atomic mass is 9.95. The maximum atomic E-state index is 14.4. The third kappa shape index (κ3) is 4.91. The molecule has 0 aromatic heterocycles. The van der Waals surface area contributed by atoms with Gasteiger partial charge in [0.25, 0.3) is 0 Å². The monoisotopic (exact) mass is 449 g/mol. The summed E-state index contributed by atoms with van der Waals surface area (Å²) in [6, 6.07) is 10.7. The molecule has 1 aliphatic heterocycles.